The number of hydrogen-bond acceptors (Lipinski definition) is 6. The van der Waals surface area contributed by atoms with Crippen molar-refractivity contribution in [2.24, 2.45) is 11.7 Å². The predicted molar refractivity (Wildman–Crippen MR) is 102 cm³/mol. The molecule has 1 atom stereocenters. The maximum atomic E-state index is 12.2. The Morgan fingerprint density at radius 2 is 2.15 bits per heavy atom. The minimum absolute atomic E-state index is 0.0157. The van der Waals surface area contributed by atoms with Gasteiger partial charge in [-0.2, -0.15) is 10.4 Å². The molecule has 0 spiro atoms. The molecule has 1 aliphatic heterocycles. The van der Waals surface area contributed by atoms with E-state index in [1.807, 2.05) is 26.8 Å². The number of methoxy groups -OCH3 is 1. The van der Waals surface area contributed by atoms with Gasteiger partial charge in [0.15, 0.2) is 0 Å². The summed E-state index contributed by atoms with van der Waals surface area (Å²) in [6, 6.07) is 7.49. The Labute approximate surface area is 165 Å². The van der Waals surface area contributed by atoms with Crippen LogP contribution in [0.5, 0.6) is 5.88 Å². The standard InChI is InChI=1S/C19H19BrN4O3/c1-9(2)19(12-5-11(18(25)26-4)6-13(20)7-12)14(8-21)16(22)27-17-15(19)10(3)23-24-17/h5-7,9H,22H2,1-4H3,(H,23,24). The van der Waals surface area contributed by atoms with Crippen molar-refractivity contribution in [2.75, 3.05) is 7.11 Å². The number of allylic oxidation sites excluding steroid dienone is 1. The van der Waals surface area contributed by atoms with Gasteiger partial charge in [0.05, 0.1) is 29.3 Å². The van der Waals surface area contributed by atoms with Gasteiger partial charge in [0.25, 0.3) is 0 Å². The van der Waals surface area contributed by atoms with E-state index in [2.05, 4.69) is 32.2 Å². The number of benzene rings is 1. The van der Waals surface area contributed by atoms with E-state index < -0.39 is 11.4 Å². The summed E-state index contributed by atoms with van der Waals surface area (Å²) in [5.41, 5.74) is 7.97. The number of ether oxygens (including phenoxy) is 2. The van der Waals surface area contributed by atoms with Crippen LogP contribution in [0, 0.1) is 24.2 Å². The summed E-state index contributed by atoms with van der Waals surface area (Å²) in [7, 11) is 1.33. The van der Waals surface area contributed by atoms with E-state index in [1.54, 1.807) is 12.1 Å². The van der Waals surface area contributed by atoms with Crippen molar-refractivity contribution >= 4 is 21.9 Å². The number of aryl methyl sites for hydroxylation is 1. The van der Waals surface area contributed by atoms with Gasteiger partial charge in [0.1, 0.15) is 11.6 Å². The SMILES string of the molecule is COC(=O)c1cc(Br)cc(C2(C(C)C)C(C#N)=C(N)Oc3[nH]nc(C)c32)c1. The molecular formula is C19H19BrN4O3. The number of halogens is 1. The highest BCUT2D eigenvalue weighted by atomic mass is 79.9. The zero-order valence-electron chi connectivity index (χ0n) is 15.4. The van der Waals surface area contributed by atoms with E-state index in [4.69, 9.17) is 15.2 Å². The number of nitrogens with zero attached hydrogens (tertiary/aromatic N) is 2. The number of carbonyl (C=O) groups is 1. The van der Waals surface area contributed by atoms with Crippen LogP contribution in [0.15, 0.2) is 34.1 Å². The number of nitrogens with one attached hydrogen (secondary N) is 1. The largest absolute Gasteiger partial charge is 0.465 e. The molecule has 0 amide bonds. The summed E-state index contributed by atoms with van der Waals surface area (Å²) in [4.78, 5) is 12.2. The second-order valence-electron chi connectivity index (χ2n) is 6.65. The van der Waals surface area contributed by atoms with Crippen molar-refractivity contribution in [3.63, 3.8) is 0 Å². The van der Waals surface area contributed by atoms with Gasteiger partial charge >= 0.3 is 5.97 Å². The molecule has 7 nitrogen and oxygen atoms in total. The number of esters is 1. The second kappa shape index (κ2) is 6.74. The Bertz CT molecular complexity index is 1000. The smallest absolute Gasteiger partial charge is 0.337 e. The fraction of sp³-hybridized carbons (Fsp3) is 0.316. The first kappa shape index (κ1) is 19.0. The fourth-order valence-corrected chi connectivity index (χ4v) is 4.32. The number of hydrogen-bond donors (Lipinski definition) is 2. The molecule has 1 aromatic heterocycles. The van der Waals surface area contributed by atoms with Gasteiger partial charge in [-0.1, -0.05) is 29.8 Å². The summed E-state index contributed by atoms with van der Waals surface area (Å²) < 4.78 is 11.2. The van der Waals surface area contributed by atoms with E-state index in [-0.39, 0.29) is 17.4 Å². The number of fused-ring (bicyclic) bond motifs is 1. The predicted octanol–water partition coefficient (Wildman–Crippen LogP) is 3.30. The summed E-state index contributed by atoms with van der Waals surface area (Å²) in [6.07, 6.45) is 0. The van der Waals surface area contributed by atoms with E-state index in [0.29, 0.717) is 21.6 Å². The zero-order valence-corrected chi connectivity index (χ0v) is 17.0. The molecule has 8 heteroatoms. The summed E-state index contributed by atoms with van der Waals surface area (Å²) >= 11 is 3.46. The van der Waals surface area contributed by atoms with Crippen LogP contribution in [0.25, 0.3) is 0 Å². The lowest BCUT2D eigenvalue weighted by Gasteiger charge is -2.41. The molecular weight excluding hydrogens is 412 g/mol. The molecule has 1 unspecified atom stereocenters. The lowest BCUT2D eigenvalue weighted by Crippen LogP contribution is -2.41. The maximum absolute atomic E-state index is 12.2. The van der Waals surface area contributed by atoms with Crippen LogP contribution in [0.3, 0.4) is 0 Å². The lowest BCUT2D eigenvalue weighted by atomic mass is 9.61. The van der Waals surface area contributed by atoms with Gasteiger partial charge in [-0.05, 0) is 36.6 Å². The molecule has 3 N–H and O–H groups in total. The Kier molecular flexibility index (Phi) is 4.74. The molecule has 2 aromatic rings. The van der Waals surface area contributed by atoms with Gasteiger partial charge in [0, 0.05) is 4.47 Å². The third kappa shape index (κ3) is 2.70. The molecule has 0 radical (unpaired) electrons. The Morgan fingerprint density at radius 3 is 2.74 bits per heavy atom. The Balaban J connectivity index is 2.45. The van der Waals surface area contributed by atoms with Crippen LogP contribution in [-0.4, -0.2) is 23.3 Å². The summed E-state index contributed by atoms with van der Waals surface area (Å²) in [6.45, 7) is 5.82. The van der Waals surface area contributed by atoms with E-state index in [9.17, 15) is 10.1 Å². The van der Waals surface area contributed by atoms with Crippen molar-refractivity contribution < 1.29 is 14.3 Å². The highest BCUT2D eigenvalue weighted by Crippen LogP contribution is 2.52. The molecule has 0 bridgehead atoms. The summed E-state index contributed by atoms with van der Waals surface area (Å²) in [5, 5.41) is 17.1. The third-order valence-electron chi connectivity index (χ3n) is 4.91. The van der Waals surface area contributed by atoms with Gasteiger partial charge in [-0.3, -0.25) is 0 Å². The number of rotatable bonds is 3. The highest BCUT2D eigenvalue weighted by molar-refractivity contribution is 9.10. The Hall–Kier alpha value is -2.79. The van der Waals surface area contributed by atoms with Crippen LogP contribution < -0.4 is 10.5 Å². The van der Waals surface area contributed by atoms with Crippen LogP contribution in [0.2, 0.25) is 0 Å². The van der Waals surface area contributed by atoms with Crippen LogP contribution in [-0.2, 0) is 10.2 Å². The minimum Gasteiger partial charge on any atom is -0.465 e. The molecule has 140 valence electrons. The first-order valence-electron chi connectivity index (χ1n) is 8.30. The molecule has 0 saturated heterocycles. The highest BCUT2D eigenvalue weighted by Gasteiger charge is 2.50. The number of nitrogens with two attached hydrogens (primary N) is 1. The van der Waals surface area contributed by atoms with Crippen molar-refractivity contribution in [3.8, 4) is 11.9 Å². The number of aromatic nitrogens is 2. The summed E-state index contributed by atoms with van der Waals surface area (Å²) in [5.74, 6) is -0.146. The second-order valence-corrected chi connectivity index (χ2v) is 7.56. The monoisotopic (exact) mass is 430 g/mol. The maximum Gasteiger partial charge on any atom is 0.337 e. The number of H-pyrrole nitrogens is 1. The molecule has 27 heavy (non-hydrogen) atoms. The van der Waals surface area contributed by atoms with E-state index in [1.165, 1.54) is 7.11 Å². The number of carbonyl (C=O) groups excluding carboxylic acids is 1. The van der Waals surface area contributed by atoms with E-state index >= 15 is 0 Å². The van der Waals surface area contributed by atoms with E-state index in [0.717, 1.165) is 11.1 Å². The van der Waals surface area contributed by atoms with Gasteiger partial charge in [0.2, 0.25) is 11.8 Å². The first-order valence-corrected chi connectivity index (χ1v) is 9.09. The zero-order chi connectivity index (χ0) is 19.9. The fourth-order valence-electron chi connectivity index (χ4n) is 3.82. The first-order chi connectivity index (χ1) is 12.8. The van der Waals surface area contributed by atoms with Crippen molar-refractivity contribution in [2.45, 2.75) is 26.2 Å². The Morgan fingerprint density at radius 1 is 1.44 bits per heavy atom. The van der Waals surface area contributed by atoms with Gasteiger partial charge < -0.3 is 15.2 Å². The molecule has 1 aromatic carbocycles. The molecule has 0 aliphatic carbocycles. The van der Waals surface area contributed by atoms with Gasteiger partial charge in [-0.25, -0.2) is 9.89 Å². The topological polar surface area (TPSA) is 114 Å². The third-order valence-corrected chi connectivity index (χ3v) is 5.37. The molecule has 1 aliphatic rings. The normalized spacial score (nSPS) is 18.7. The van der Waals surface area contributed by atoms with Crippen molar-refractivity contribution in [1.82, 2.24) is 10.2 Å². The van der Waals surface area contributed by atoms with Gasteiger partial charge in [-0.15, -0.1) is 0 Å². The van der Waals surface area contributed by atoms with Crippen LogP contribution in [0.4, 0.5) is 0 Å². The van der Waals surface area contributed by atoms with Crippen LogP contribution in [0.1, 0.15) is 41.0 Å². The number of nitriles is 1. The number of aromatic amines is 1. The van der Waals surface area contributed by atoms with Crippen molar-refractivity contribution in [3.05, 3.63) is 56.5 Å². The van der Waals surface area contributed by atoms with Crippen molar-refractivity contribution in [1.29, 1.82) is 5.26 Å². The average molecular weight is 431 g/mol. The lowest BCUT2D eigenvalue weighted by molar-refractivity contribution is 0.0600. The molecule has 0 saturated carbocycles. The molecule has 2 heterocycles. The average Bonchev–Trinajstić information content (AvgIpc) is 2.99. The quantitative estimate of drug-likeness (QED) is 0.721. The molecule has 3 rings (SSSR count). The molecule has 0 fully saturated rings. The minimum atomic E-state index is -0.934. The van der Waals surface area contributed by atoms with Crippen LogP contribution >= 0.6 is 15.9 Å².